The molecule has 2 saturated carbocycles. The Morgan fingerprint density at radius 2 is 1.87 bits per heavy atom. The molecule has 132 valence electrons. The SMILES string of the molecule is C=C1OC2CCC(C3CCCCC3)CC2N1CCCS(=O)(=O)O. The molecule has 3 rings (SSSR count). The van der Waals surface area contributed by atoms with Gasteiger partial charge in [0.25, 0.3) is 10.1 Å². The molecule has 0 radical (unpaired) electrons. The highest BCUT2D eigenvalue weighted by Crippen LogP contribution is 2.43. The molecule has 1 N–H and O–H groups in total. The Balaban J connectivity index is 1.58. The first-order valence-corrected chi connectivity index (χ1v) is 10.6. The van der Waals surface area contributed by atoms with Crippen LogP contribution in [0.5, 0.6) is 0 Å². The van der Waals surface area contributed by atoms with Gasteiger partial charge in [-0.15, -0.1) is 0 Å². The molecule has 3 atom stereocenters. The minimum Gasteiger partial charge on any atom is -0.474 e. The predicted octanol–water partition coefficient (Wildman–Crippen LogP) is 3.19. The van der Waals surface area contributed by atoms with Crippen LogP contribution in [0, 0.1) is 11.8 Å². The van der Waals surface area contributed by atoms with Crippen molar-refractivity contribution < 1.29 is 17.7 Å². The second-order valence-corrected chi connectivity index (χ2v) is 8.99. The van der Waals surface area contributed by atoms with Gasteiger partial charge in [-0.25, -0.2) is 0 Å². The van der Waals surface area contributed by atoms with Crippen molar-refractivity contribution in [3.05, 3.63) is 12.5 Å². The van der Waals surface area contributed by atoms with E-state index in [0.717, 1.165) is 24.7 Å². The van der Waals surface area contributed by atoms with E-state index in [1.54, 1.807) is 0 Å². The lowest BCUT2D eigenvalue weighted by Crippen LogP contribution is -2.42. The Labute approximate surface area is 139 Å². The molecule has 0 bridgehead atoms. The smallest absolute Gasteiger partial charge is 0.264 e. The molecule has 6 heteroatoms. The lowest BCUT2D eigenvalue weighted by molar-refractivity contribution is 0.0734. The fraction of sp³-hybridized carbons (Fsp3) is 0.882. The highest BCUT2D eigenvalue weighted by atomic mass is 32.2. The van der Waals surface area contributed by atoms with Gasteiger partial charge in [0.2, 0.25) is 0 Å². The first-order chi connectivity index (χ1) is 10.9. The van der Waals surface area contributed by atoms with Crippen molar-refractivity contribution in [3.63, 3.8) is 0 Å². The number of rotatable bonds is 5. The van der Waals surface area contributed by atoms with Gasteiger partial charge in [0.15, 0.2) is 5.88 Å². The fourth-order valence-corrected chi connectivity index (χ4v) is 5.28. The average molecular weight is 343 g/mol. The van der Waals surface area contributed by atoms with Gasteiger partial charge in [0.05, 0.1) is 11.8 Å². The van der Waals surface area contributed by atoms with E-state index < -0.39 is 10.1 Å². The highest BCUT2D eigenvalue weighted by molar-refractivity contribution is 7.85. The van der Waals surface area contributed by atoms with Gasteiger partial charge >= 0.3 is 0 Å². The van der Waals surface area contributed by atoms with Crippen molar-refractivity contribution in [2.24, 2.45) is 11.8 Å². The molecule has 3 fully saturated rings. The second-order valence-electron chi connectivity index (χ2n) is 7.42. The van der Waals surface area contributed by atoms with Gasteiger partial charge in [-0.05, 0) is 44.1 Å². The molecule has 23 heavy (non-hydrogen) atoms. The Kier molecular flexibility index (Phi) is 5.21. The summed E-state index contributed by atoms with van der Waals surface area (Å²) in [7, 11) is -3.89. The third kappa shape index (κ3) is 4.21. The van der Waals surface area contributed by atoms with Crippen molar-refractivity contribution in [1.29, 1.82) is 0 Å². The summed E-state index contributed by atoms with van der Waals surface area (Å²) in [6, 6.07) is 0.338. The summed E-state index contributed by atoms with van der Waals surface area (Å²) in [4.78, 5) is 2.14. The van der Waals surface area contributed by atoms with E-state index >= 15 is 0 Å². The van der Waals surface area contributed by atoms with Crippen molar-refractivity contribution in [3.8, 4) is 0 Å². The highest BCUT2D eigenvalue weighted by Gasteiger charge is 2.43. The summed E-state index contributed by atoms with van der Waals surface area (Å²) < 4.78 is 36.6. The van der Waals surface area contributed by atoms with Crippen molar-refractivity contribution in [1.82, 2.24) is 4.90 Å². The number of ether oxygens (including phenoxy) is 1. The van der Waals surface area contributed by atoms with E-state index in [1.807, 2.05) is 0 Å². The van der Waals surface area contributed by atoms with Crippen molar-refractivity contribution >= 4 is 10.1 Å². The number of nitrogens with zero attached hydrogens (tertiary/aromatic N) is 1. The Hall–Kier alpha value is -0.750. The van der Waals surface area contributed by atoms with Crippen LogP contribution in [0.25, 0.3) is 0 Å². The average Bonchev–Trinajstić information content (AvgIpc) is 2.82. The van der Waals surface area contributed by atoms with Crippen LogP contribution in [0.15, 0.2) is 12.5 Å². The molecule has 1 heterocycles. The summed E-state index contributed by atoms with van der Waals surface area (Å²) in [5.41, 5.74) is 0. The summed E-state index contributed by atoms with van der Waals surface area (Å²) in [6.45, 7) is 4.60. The van der Waals surface area contributed by atoms with E-state index in [4.69, 9.17) is 9.29 Å². The molecule has 5 nitrogen and oxygen atoms in total. The van der Waals surface area contributed by atoms with E-state index in [1.165, 1.54) is 38.5 Å². The molecule has 0 aromatic heterocycles. The van der Waals surface area contributed by atoms with E-state index in [2.05, 4.69) is 11.5 Å². The Morgan fingerprint density at radius 3 is 2.57 bits per heavy atom. The molecule has 1 saturated heterocycles. The van der Waals surface area contributed by atoms with Gasteiger partial charge in [0, 0.05) is 6.54 Å². The third-order valence-electron chi connectivity index (χ3n) is 5.92. The molecule has 0 spiro atoms. The van der Waals surface area contributed by atoms with E-state index in [0.29, 0.717) is 24.9 Å². The Bertz CT molecular complexity index is 527. The first-order valence-electron chi connectivity index (χ1n) is 9.01. The zero-order valence-corrected chi connectivity index (χ0v) is 14.6. The molecular formula is C17H29NO4S. The van der Waals surface area contributed by atoms with Crippen LogP contribution < -0.4 is 0 Å². The zero-order chi connectivity index (χ0) is 16.4. The van der Waals surface area contributed by atoms with E-state index in [-0.39, 0.29) is 11.9 Å². The molecule has 0 aromatic carbocycles. The van der Waals surface area contributed by atoms with Crippen molar-refractivity contribution in [2.45, 2.75) is 69.9 Å². The topological polar surface area (TPSA) is 66.8 Å². The maximum atomic E-state index is 10.9. The minimum absolute atomic E-state index is 0.194. The van der Waals surface area contributed by atoms with Gasteiger partial charge in [-0.1, -0.05) is 32.1 Å². The van der Waals surface area contributed by atoms with Crippen LogP contribution >= 0.6 is 0 Å². The lowest BCUT2D eigenvalue weighted by atomic mass is 9.71. The molecular weight excluding hydrogens is 314 g/mol. The summed E-state index contributed by atoms with van der Waals surface area (Å²) in [5, 5.41) is 0. The summed E-state index contributed by atoms with van der Waals surface area (Å²) in [5.74, 6) is 2.12. The maximum Gasteiger partial charge on any atom is 0.264 e. The lowest BCUT2D eigenvalue weighted by Gasteiger charge is -2.39. The predicted molar refractivity (Wildman–Crippen MR) is 89.5 cm³/mol. The molecule has 0 amide bonds. The van der Waals surface area contributed by atoms with E-state index in [9.17, 15) is 8.42 Å². The van der Waals surface area contributed by atoms with Crippen LogP contribution in [0.3, 0.4) is 0 Å². The normalized spacial score (nSPS) is 32.7. The standard InChI is InChI=1S/C17H29NO4S/c1-13-18(10-5-11-23(19,20)21)16-12-15(8-9-17(16)22-13)14-6-3-2-4-7-14/h14-17H,1-12H2,(H,19,20,21). The number of fused-ring (bicyclic) bond motifs is 1. The second kappa shape index (κ2) is 7.01. The Morgan fingerprint density at radius 1 is 1.13 bits per heavy atom. The van der Waals surface area contributed by atoms with Gasteiger partial charge in [-0.3, -0.25) is 4.55 Å². The third-order valence-corrected chi connectivity index (χ3v) is 6.73. The molecule has 3 unspecified atom stereocenters. The fourth-order valence-electron chi connectivity index (χ4n) is 4.78. The molecule has 0 aromatic rings. The first kappa shape index (κ1) is 17.1. The monoisotopic (exact) mass is 343 g/mol. The van der Waals surface area contributed by atoms with Crippen LogP contribution in [0.1, 0.15) is 57.8 Å². The van der Waals surface area contributed by atoms with Gasteiger partial charge in [0.1, 0.15) is 6.10 Å². The van der Waals surface area contributed by atoms with Crippen LogP contribution in [0.4, 0.5) is 0 Å². The zero-order valence-electron chi connectivity index (χ0n) is 13.8. The summed E-state index contributed by atoms with van der Waals surface area (Å²) in [6.07, 6.45) is 11.0. The quantitative estimate of drug-likeness (QED) is 0.777. The number of hydrogen-bond donors (Lipinski definition) is 1. The minimum atomic E-state index is -3.89. The molecule has 1 aliphatic heterocycles. The van der Waals surface area contributed by atoms with Crippen LogP contribution in [-0.4, -0.2) is 42.3 Å². The van der Waals surface area contributed by atoms with Crippen LogP contribution in [-0.2, 0) is 14.9 Å². The van der Waals surface area contributed by atoms with Gasteiger partial charge < -0.3 is 9.64 Å². The molecule has 3 aliphatic rings. The largest absolute Gasteiger partial charge is 0.474 e. The molecule has 2 aliphatic carbocycles. The number of hydrogen-bond acceptors (Lipinski definition) is 4. The van der Waals surface area contributed by atoms with Crippen LogP contribution in [0.2, 0.25) is 0 Å². The van der Waals surface area contributed by atoms with Crippen molar-refractivity contribution in [2.75, 3.05) is 12.3 Å². The summed E-state index contributed by atoms with van der Waals surface area (Å²) >= 11 is 0. The van der Waals surface area contributed by atoms with Gasteiger partial charge in [-0.2, -0.15) is 8.42 Å². The maximum absolute atomic E-state index is 10.9.